The summed E-state index contributed by atoms with van der Waals surface area (Å²) in [5, 5.41) is 11.9. The van der Waals surface area contributed by atoms with E-state index in [0.29, 0.717) is 17.7 Å². The highest BCUT2D eigenvalue weighted by Gasteiger charge is 2.17. The summed E-state index contributed by atoms with van der Waals surface area (Å²) in [5.74, 6) is 0.415. The monoisotopic (exact) mass is 268 g/mol. The Balaban J connectivity index is 1.78. The molecule has 1 heterocycles. The van der Waals surface area contributed by atoms with Gasteiger partial charge in [0.05, 0.1) is 11.6 Å². The zero-order valence-corrected chi connectivity index (χ0v) is 10.9. The van der Waals surface area contributed by atoms with E-state index in [-0.39, 0.29) is 5.82 Å². The minimum atomic E-state index is -0.373. The summed E-state index contributed by atoms with van der Waals surface area (Å²) in [6.07, 6.45) is 4.58. The molecule has 5 heteroatoms. The van der Waals surface area contributed by atoms with E-state index in [0.717, 1.165) is 36.3 Å². The molecule has 0 spiro atoms. The molecule has 1 aliphatic carbocycles. The smallest absolute Gasteiger partial charge is 0.133 e. The van der Waals surface area contributed by atoms with Gasteiger partial charge >= 0.3 is 0 Å². The third kappa shape index (κ3) is 2.32. The lowest BCUT2D eigenvalue weighted by Gasteiger charge is -2.10. The molecule has 0 saturated heterocycles. The van der Waals surface area contributed by atoms with Crippen LogP contribution in [0.15, 0.2) is 24.5 Å². The highest BCUT2D eigenvalue weighted by atomic mass is 19.1. The standard InChI is InChI=1S/C15H13FN4/c16-13-6-10(7-17)4-5-11(13)8-18-15-12-2-1-3-14(12)19-9-20-15/h4-6,9H,1-3,8H2,(H,18,19,20). The fraction of sp³-hybridized carbons (Fsp3) is 0.267. The van der Waals surface area contributed by atoms with E-state index in [1.165, 1.54) is 6.07 Å². The van der Waals surface area contributed by atoms with Gasteiger partial charge in [-0.3, -0.25) is 0 Å². The van der Waals surface area contributed by atoms with Crippen molar-refractivity contribution in [2.24, 2.45) is 0 Å². The van der Waals surface area contributed by atoms with Gasteiger partial charge in [0.15, 0.2) is 0 Å². The third-order valence-electron chi connectivity index (χ3n) is 3.50. The molecular weight excluding hydrogens is 255 g/mol. The van der Waals surface area contributed by atoms with Crippen molar-refractivity contribution < 1.29 is 4.39 Å². The van der Waals surface area contributed by atoms with Gasteiger partial charge in [-0.25, -0.2) is 14.4 Å². The summed E-state index contributed by atoms with van der Waals surface area (Å²) in [7, 11) is 0. The summed E-state index contributed by atoms with van der Waals surface area (Å²) in [4.78, 5) is 8.49. The molecular formula is C15H13FN4. The number of fused-ring (bicyclic) bond motifs is 1. The van der Waals surface area contributed by atoms with E-state index < -0.39 is 0 Å². The van der Waals surface area contributed by atoms with Crippen molar-refractivity contribution in [3.63, 3.8) is 0 Å². The van der Waals surface area contributed by atoms with Gasteiger partial charge in [-0.2, -0.15) is 5.26 Å². The Morgan fingerprint density at radius 2 is 2.20 bits per heavy atom. The van der Waals surface area contributed by atoms with Gasteiger partial charge in [-0.15, -0.1) is 0 Å². The van der Waals surface area contributed by atoms with E-state index >= 15 is 0 Å². The number of nitrogens with zero attached hydrogens (tertiary/aromatic N) is 3. The fourth-order valence-corrected chi connectivity index (χ4v) is 2.45. The van der Waals surface area contributed by atoms with Crippen LogP contribution in [0.3, 0.4) is 0 Å². The number of benzene rings is 1. The van der Waals surface area contributed by atoms with Gasteiger partial charge in [-0.05, 0) is 31.4 Å². The van der Waals surface area contributed by atoms with Gasteiger partial charge in [0.25, 0.3) is 0 Å². The number of aromatic nitrogens is 2. The normalized spacial score (nSPS) is 12.8. The molecule has 0 bridgehead atoms. The van der Waals surface area contributed by atoms with Crippen molar-refractivity contribution in [1.82, 2.24) is 9.97 Å². The first-order chi connectivity index (χ1) is 9.78. The van der Waals surface area contributed by atoms with Crippen LogP contribution < -0.4 is 5.32 Å². The molecule has 2 aromatic rings. The predicted octanol–water partition coefficient (Wildman–Crippen LogP) is 2.59. The number of halogens is 1. The number of aryl methyl sites for hydroxylation is 1. The molecule has 1 aromatic carbocycles. The van der Waals surface area contributed by atoms with Crippen LogP contribution in [0.1, 0.15) is 28.8 Å². The first-order valence-electron chi connectivity index (χ1n) is 6.53. The van der Waals surface area contributed by atoms with Crippen LogP contribution in [0, 0.1) is 17.1 Å². The Morgan fingerprint density at radius 3 is 3.00 bits per heavy atom. The average Bonchev–Trinajstić information content (AvgIpc) is 2.95. The minimum absolute atomic E-state index is 0.328. The van der Waals surface area contributed by atoms with Crippen molar-refractivity contribution in [2.45, 2.75) is 25.8 Å². The van der Waals surface area contributed by atoms with Crippen LogP contribution in [-0.4, -0.2) is 9.97 Å². The first-order valence-corrected chi connectivity index (χ1v) is 6.53. The number of rotatable bonds is 3. The van der Waals surface area contributed by atoms with E-state index in [1.54, 1.807) is 18.5 Å². The SMILES string of the molecule is N#Cc1ccc(CNc2ncnc3c2CCC3)c(F)c1. The summed E-state index contributed by atoms with van der Waals surface area (Å²) < 4.78 is 13.8. The molecule has 0 unspecified atom stereocenters. The summed E-state index contributed by atoms with van der Waals surface area (Å²) in [6, 6.07) is 6.42. The van der Waals surface area contributed by atoms with Gasteiger partial charge in [0.2, 0.25) is 0 Å². The Morgan fingerprint density at radius 1 is 1.30 bits per heavy atom. The van der Waals surface area contributed by atoms with Crippen molar-refractivity contribution >= 4 is 5.82 Å². The number of hydrogen-bond acceptors (Lipinski definition) is 4. The van der Waals surface area contributed by atoms with Crippen molar-refractivity contribution in [1.29, 1.82) is 5.26 Å². The second-order valence-electron chi connectivity index (χ2n) is 4.77. The highest BCUT2D eigenvalue weighted by Crippen LogP contribution is 2.25. The summed E-state index contributed by atoms with van der Waals surface area (Å²) in [6.45, 7) is 0.348. The second kappa shape index (κ2) is 5.25. The lowest BCUT2D eigenvalue weighted by molar-refractivity contribution is 0.612. The van der Waals surface area contributed by atoms with Crippen LogP contribution in [0.2, 0.25) is 0 Å². The van der Waals surface area contributed by atoms with Crippen molar-refractivity contribution in [3.8, 4) is 6.07 Å². The number of nitrogens with one attached hydrogen (secondary N) is 1. The largest absolute Gasteiger partial charge is 0.366 e. The second-order valence-corrected chi connectivity index (χ2v) is 4.77. The van der Waals surface area contributed by atoms with Gasteiger partial charge in [-0.1, -0.05) is 6.07 Å². The molecule has 0 saturated carbocycles. The molecule has 20 heavy (non-hydrogen) atoms. The molecule has 1 N–H and O–H groups in total. The lowest BCUT2D eigenvalue weighted by Crippen LogP contribution is -2.07. The maximum Gasteiger partial charge on any atom is 0.133 e. The van der Waals surface area contributed by atoms with Crippen molar-refractivity contribution in [2.75, 3.05) is 5.32 Å². The summed E-state index contributed by atoms with van der Waals surface area (Å²) in [5.41, 5.74) is 3.08. The maximum absolute atomic E-state index is 13.8. The van der Waals surface area contributed by atoms with E-state index in [1.807, 2.05) is 6.07 Å². The molecule has 1 aromatic heterocycles. The maximum atomic E-state index is 13.8. The van der Waals surface area contributed by atoms with E-state index in [4.69, 9.17) is 5.26 Å². The topological polar surface area (TPSA) is 61.6 Å². The number of hydrogen-bond donors (Lipinski definition) is 1. The molecule has 0 aliphatic heterocycles. The zero-order valence-electron chi connectivity index (χ0n) is 10.9. The Hall–Kier alpha value is -2.48. The fourth-order valence-electron chi connectivity index (χ4n) is 2.45. The van der Waals surface area contributed by atoms with E-state index in [2.05, 4.69) is 15.3 Å². The summed E-state index contributed by atoms with van der Waals surface area (Å²) >= 11 is 0. The van der Waals surface area contributed by atoms with E-state index in [9.17, 15) is 4.39 Å². The van der Waals surface area contributed by atoms with Crippen molar-refractivity contribution in [3.05, 3.63) is 52.7 Å². The quantitative estimate of drug-likeness (QED) is 0.929. The van der Waals surface area contributed by atoms with Crippen LogP contribution in [0.4, 0.5) is 10.2 Å². The number of nitriles is 1. The van der Waals surface area contributed by atoms with Gasteiger partial charge in [0, 0.05) is 23.4 Å². The van der Waals surface area contributed by atoms with Crippen LogP contribution in [-0.2, 0) is 19.4 Å². The molecule has 100 valence electrons. The van der Waals surface area contributed by atoms with Crippen LogP contribution in [0.5, 0.6) is 0 Å². The Kier molecular flexibility index (Phi) is 3.30. The lowest BCUT2D eigenvalue weighted by atomic mass is 10.1. The first kappa shape index (κ1) is 12.5. The minimum Gasteiger partial charge on any atom is -0.366 e. The molecule has 4 nitrogen and oxygen atoms in total. The molecule has 0 amide bonds. The van der Waals surface area contributed by atoms with Gasteiger partial charge < -0.3 is 5.32 Å². The van der Waals surface area contributed by atoms with Gasteiger partial charge in [0.1, 0.15) is 18.0 Å². The molecule has 0 atom stereocenters. The number of anilines is 1. The zero-order chi connectivity index (χ0) is 13.9. The molecule has 0 fully saturated rings. The predicted molar refractivity (Wildman–Crippen MR) is 72.5 cm³/mol. The Labute approximate surface area is 116 Å². The Bertz CT molecular complexity index is 691. The highest BCUT2D eigenvalue weighted by molar-refractivity contribution is 5.48. The molecule has 3 rings (SSSR count). The third-order valence-corrected chi connectivity index (χ3v) is 3.50. The molecule has 1 aliphatic rings. The van der Waals surface area contributed by atoms with Crippen LogP contribution in [0.25, 0.3) is 0 Å². The molecule has 0 radical (unpaired) electrons. The van der Waals surface area contributed by atoms with Crippen LogP contribution >= 0.6 is 0 Å². The average molecular weight is 268 g/mol.